The van der Waals surface area contributed by atoms with E-state index in [1.54, 1.807) is 0 Å². The third-order valence-electron chi connectivity index (χ3n) is 5.78. The monoisotopic (exact) mass is 327 g/mol. The van der Waals surface area contributed by atoms with Gasteiger partial charge in [0.05, 0.1) is 5.41 Å². The van der Waals surface area contributed by atoms with Crippen molar-refractivity contribution >= 4 is 11.8 Å². The number of hydrogen-bond acceptors (Lipinski definition) is 3. The lowest BCUT2D eigenvalue weighted by Gasteiger charge is -2.22. The van der Waals surface area contributed by atoms with E-state index in [9.17, 15) is 9.59 Å². The average molecular weight is 327 g/mol. The Morgan fingerprint density at radius 2 is 1.92 bits per heavy atom. The van der Waals surface area contributed by atoms with Crippen LogP contribution in [0, 0.1) is 5.41 Å². The van der Waals surface area contributed by atoms with Gasteiger partial charge in [0.15, 0.2) is 0 Å². The van der Waals surface area contributed by atoms with Crippen LogP contribution in [0.1, 0.15) is 31.2 Å². The molecule has 0 aromatic heterocycles. The van der Waals surface area contributed by atoms with Crippen LogP contribution in [-0.4, -0.2) is 53.8 Å². The third-order valence-corrected chi connectivity index (χ3v) is 5.78. The summed E-state index contributed by atoms with van der Waals surface area (Å²) in [6.07, 6.45) is 3.69. The number of carbonyl (C=O) groups excluding carboxylic acids is 2. The van der Waals surface area contributed by atoms with Crippen molar-refractivity contribution in [3.05, 3.63) is 35.9 Å². The number of hydrogen-bond donors (Lipinski definition) is 1. The Morgan fingerprint density at radius 1 is 1.17 bits per heavy atom. The molecule has 1 N–H and O–H groups in total. The summed E-state index contributed by atoms with van der Waals surface area (Å²) in [6.45, 7) is 4.25. The quantitative estimate of drug-likeness (QED) is 0.913. The minimum atomic E-state index is -0.366. The van der Waals surface area contributed by atoms with E-state index >= 15 is 0 Å². The maximum atomic E-state index is 12.6. The van der Waals surface area contributed by atoms with Gasteiger partial charge in [-0.2, -0.15) is 0 Å². The summed E-state index contributed by atoms with van der Waals surface area (Å²) in [5.74, 6) is 0.204. The van der Waals surface area contributed by atoms with Crippen molar-refractivity contribution < 1.29 is 9.59 Å². The van der Waals surface area contributed by atoms with E-state index in [4.69, 9.17) is 0 Å². The van der Waals surface area contributed by atoms with Crippen LogP contribution in [0.5, 0.6) is 0 Å². The number of benzene rings is 1. The average Bonchev–Trinajstić information content (AvgIpc) is 3.31. The molecular weight excluding hydrogens is 302 g/mol. The first-order valence-corrected chi connectivity index (χ1v) is 9.02. The molecule has 1 aromatic rings. The molecule has 5 heteroatoms. The molecule has 0 saturated carbocycles. The second kappa shape index (κ2) is 6.20. The standard InChI is InChI=1S/C19H25N3O2/c23-17(22-9-4-5-10-22)16-12-19(18(24)20-16)8-11-21(14-19)13-15-6-2-1-3-7-15/h1-3,6-7,16H,4-5,8-14H2,(H,20,24)/t16-,19+/m0/s1. The van der Waals surface area contributed by atoms with Crippen LogP contribution in [0.15, 0.2) is 30.3 Å². The van der Waals surface area contributed by atoms with E-state index < -0.39 is 0 Å². The molecule has 1 spiro atoms. The molecular formula is C19H25N3O2. The number of rotatable bonds is 3. The molecule has 3 fully saturated rings. The number of likely N-dealkylation sites (tertiary alicyclic amines) is 2. The van der Waals surface area contributed by atoms with E-state index in [2.05, 4.69) is 22.3 Å². The van der Waals surface area contributed by atoms with Gasteiger partial charge in [-0.3, -0.25) is 14.5 Å². The smallest absolute Gasteiger partial charge is 0.245 e. The minimum absolute atomic E-state index is 0.0793. The molecule has 24 heavy (non-hydrogen) atoms. The highest BCUT2D eigenvalue weighted by Gasteiger charge is 2.52. The molecule has 5 nitrogen and oxygen atoms in total. The summed E-state index contributed by atoms with van der Waals surface area (Å²) < 4.78 is 0. The summed E-state index contributed by atoms with van der Waals surface area (Å²) >= 11 is 0. The van der Waals surface area contributed by atoms with E-state index in [-0.39, 0.29) is 23.3 Å². The Hall–Kier alpha value is -1.88. The third kappa shape index (κ3) is 2.81. The lowest BCUT2D eigenvalue weighted by atomic mass is 9.83. The Kier molecular flexibility index (Phi) is 4.04. The van der Waals surface area contributed by atoms with Crippen molar-refractivity contribution in [2.75, 3.05) is 26.2 Å². The summed E-state index contributed by atoms with van der Waals surface area (Å²) in [5.41, 5.74) is 0.909. The fraction of sp³-hybridized carbons (Fsp3) is 0.579. The van der Waals surface area contributed by atoms with Crippen LogP contribution in [0.25, 0.3) is 0 Å². The van der Waals surface area contributed by atoms with Gasteiger partial charge in [-0.25, -0.2) is 0 Å². The van der Waals surface area contributed by atoms with Crippen molar-refractivity contribution in [1.82, 2.24) is 15.1 Å². The minimum Gasteiger partial charge on any atom is -0.344 e. The second-order valence-corrected chi connectivity index (χ2v) is 7.49. The zero-order valence-corrected chi connectivity index (χ0v) is 14.0. The molecule has 0 radical (unpaired) electrons. The predicted octanol–water partition coefficient (Wildman–Crippen LogP) is 1.39. The normalized spacial score (nSPS) is 30.2. The molecule has 0 unspecified atom stereocenters. The molecule has 3 aliphatic rings. The summed E-state index contributed by atoms with van der Waals surface area (Å²) in [4.78, 5) is 29.5. The largest absolute Gasteiger partial charge is 0.344 e. The summed E-state index contributed by atoms with van der Waals surface area (Å²) in [5, 5.41) is 2.99. The van der Waals surface area contributed by atoms with Crippen LogP contribution in [0.3, 0.4) is 0 Å². The summed E-state index contributed by atoms with van der Waals surface area (Å²) in [7, 11) is 0. The molecule has 3 heterocycles. The molecule has 128 valence electrons. The Balaban J connectivity index is 1.40. The SMILES string of the molecule is O=C([C@@H]1C[C@@]2(CCN(Cc3ccccc3)C2)C(=O)N1)N1CCCC1. The number of nitrogens with zero attached hydrogens (tertiary/aromatic N) is 2. The number of amides is 2. The van der Waals surface area contributed by atoms with Crippen molar-refractivity contribution in [3.63, 3.8) is 0 Å². The highest BCUT2D eigenvalue weighted by molar-refractivity contribution is 5.94. The van der Waals surface area contributed by atoms with Gasteiger partial charge in [0, 0.05) is 26.2 Å². The van der Waals surface area contributed by atoms with Crippen LogP contribution >= 0.6 is 0 Å². The van der Waals surface area contributed by atoms with Crippen LogP contribution in [0.4, 0.5) is 0 Å². The molecule has 0 aliphatic carbocycles. The molecule has 3 aliphatic heterocycles. The second-order valence-electron chi connectivity index (χ2n) is 7.49. The van der Waals surface area contributed by atoms with E-state index in [0.29, 0.717) is 6.42 Å². The molecule has 3 saturated heterocycles. The van der Waals surface area contributed by atoms with Crippen molar-refractivity contribution in [2.24, 2.45) is 5.41 Å². The Morgan fingerprint density at radius 3 is 2.67 bits per heavy atom. The maximum absolute atomic E-state index is 12.6. The number of nitrogens with one attached hydrogen (secondary N) is 1. The molecule has 2 amide bonds. The summed E-state index contributed by atoms with van der Waals surface area (Å²) in [6, 6.07) is 10.1. The fourth-order valence-corrected chi connectivity index (χ4v) is 4.44. The van der Waals surface area contributed by atoms with E-state index in [0.717, 1.165) is 52.0 Å². The van der Waals surface area contributed by atoms with Gasteiger partial charge in [0.2, 0.25) is 11.8 Å². The van der Waals surface area contributed by atoms with Gasteiger partial charge in [-0.1, -0.05) is 30.3 Å². The molecule has 2 atom stereocenters. The van der Waals surface area contributed by atoms with Crippen molar-refractivity contribution in [1.29, 1.82) is 0 Å². The lowest BCUT2D eigenvalue weighted by Crippen LogP contribution is -2.43. The van der Waals surface area contributed by atoms with Gasteiger partial charge in [0.25, 0.3) is 0 Å². The molecule has 4 rings (SSSR count). The highest BCUT2D eigenvalue weighted by atomic mass is 16.2. The molecule has 1 aromatic carbocycles. The van der Waals surface area contributed by atoms with E-state index in [1.165, 1.54) is 5.56 Å². The maximum Gasteiger partial charge on any atom is 0.245 e. The van der Waals surface area contributed by atoms with Gasteiger partial charge in [-0.15, -0.1) is 0 Å². The highest BCUT2D eigenvalue weighted by Crippen LogP contribution is 2.40. The van der Waals surface area contributed by atoms with Gasteiger partial charge in [-0.05, 0) is 37.8 Å². The van der Waals surface area contributed by atoms with E-state index in [1.807, 2.05) is 23.1 Å². The predicted molar refractivity (Wildman–Crippen MR) is 91.1 cm³/mol. The Bertz CT molecular complexity index is 627. The van der Waals surface area contributed by atoms with Crippen LogP contribution in [0.2, 0.25) is 0 Å². The van der Waals surface area contributed by atoms with Gasteiger partial charge in [0.1, 0.15) is 6.04 Å². The Labute approximate surface area is 143 Å². The van der Waals surface area contributed by atoms with Crippen molar-refractivity contribution in [3.8, 4) is 0 Å². The lowest BCUT2D eigenvalue weighted by molar-refractivity contribution is -0.133. The zero-order chi connectivity index (χ0) is 16.6. The van der Waals surface area contributed by atoms with Crippen LogP contribution in [-0.2, 0) is 16.1 Å². The van der Waals surface area contributed by atoms with Crippen LogP contribution < -0.4 is 5.32 Å². The van der Waals surface area contributed by atoms with Gasteiger partial charge < -0.3 is 10.2 Å². The topological polar surface area (TPSA) is 52.7 Å². The fourth-order valence-electron chi connectivity index (χ4n) is 4.44. The molecule has 0 bridgehead atoms. The first-order valence-electron chi connectivity index (χ1n) is 9.02. The first kappa shape index (κ1) is 15.6. The van der Waals surface area contributed by atoms with Crippen molar-refractivity contribution in [2.45, 2.75) is 38.3 Å². The number of carbonyl (C=O) groups is 2. The zero-order valence-electron chi connectivity index (χ0n) is 14.0. The van der Waals surface area contributed by atoms with Gasteiger partial charge >= 0.3 is 0 Å². The first-order chi connectivity index (χ1) is 11.7.